The molecule has 2 heteroatoms. The molecule has 1 aromatic heterocycles. The largest absolute Gasteiger partial charge is 0.320 e. The molecule has 0 spiro atoms. The van der Waals surface area contributed by atoms with Crippen molar-refractivity contribution < 1.29 is 0 Å². The molecule has 17 heavy (non-hydrogen) atoms. The van der Waals surface area contributed by atoms with E-state index in [1.165, 1.54) is 32.0 Å². The van der Waals surface area contributed by atoms with Crippen molar-refractivity contribution >= 4 is 11.3 Å². The first-order valence-corrected chi connectivity index (χ1v) is 6.70. The van der Waals surface area contributed by atoms with E-state index in [9.17, 15) is 0 Å². The van der Waals surface area contributed by atoms with Crippen LogP contribution in [-0.2, 0) is 0 Å². The predicted octanol–water partition coefficient (Wildman–Crippen LogP) is 4.03. The average Bonchev–Trinajstić information content (AvgIpc) is 2.58. The molecule has 2 rings (SSSR count). The third-order valence-corrected chi connectivity index (χ3v) is 4.49. The zero-order chi connectivity index (χ0) is 12.6. The van der Waals surface area contributed by atoms with E-state index in [2.05, 4.69) is 52.0 Å². The first-order valence-electron chi connectivity index (χ1n) is 5.88. The lowest BCUT2D eigenvalue weighted by Crippen LogP contribution is -2.11. The molecule has 1 aromatic carbocycles. The minimum Gasteiger partial charge on any atom is -0.320 e. The van der Waals surface area contributed by atoms with E-state index in [-0.39, 0.29) is 6.04 Å². The van der Waals surface area contributed by atoms with Gasteiger partial charge in [-0.2, -0.15) is 0 Å². The molecular weight excluding hydrogens is 226 g/mol. The van der Waals surface area contributed by atoms with Crippen LogP contribution in [0.2, 0.25) is 0 Å². The van der Waals surface area contributed by atoms with E-state index in [1.807, 2.05) is 0 Å². The van der Waals surface area contributed by atoms with Crippen LogP contribution in [0.1, 0.15) is 38.0 Å². The monoisotopic (exact) mass is 245 g/mol. The Morgan fingerprint density at radius 3 is 2.24 bits per heavy atom. The summed E-state index contributed by atoms with van der Waals surface area (Å²) in [6, 6.07) is 8.70. The SMILES string of the molecule is Cc1ccc(C(N)c2cc(C)c(C)s2)c(C)c1. The Labute approximate surface area is 107 Å². The molecule has 90 valence electrons. The van der Waals surface area contributed by atoms with E-state index < -0.39 is 0 Å². The lowest BCUT2D eigenvalue weighted by Gasteiger charge is -2.13. The highest BCUT2D eigenvalue weighted by atomic mass is 32.1. The van der Waals surface area contributed by atoms with E-state index in [1.54, 1.807) is 11.3 Å². The van der Waals surface area contributed by atoms with Crippen LogP contribution in [0.3, 0.4) is 0 Å². The van der Waals surface area contributed by atoms with Crippen molar-refractivity contribution in [2.45, 2.75) is 33.7 Å². The van der Waals surface area contributed by atoms with Crippen LogP contribution in [0.25, 0.3) is 0 Å². The Morgan fingerprint density at radius 1 is 1.00 bits per heavy atom. The van der Waals surface area contributed by atoms with Gasteiger partial charge in [-0.1, -0.05) is 23.8 Å². The van der Waals surface area contributed by atoms with E-state index >= 15 is 0 Å². The van der Waals surface area contributed by atoms with Crippen LogP contribution in [0.15, 0.2) is 24.3 Å². The van der Waals surface area contributed by atoms with Crippen molar-refractivity contribution in [3.05, 3.63) is 56.3 Å². The lowest BCUT2D eigenvalue weighted by atomic mass is 9.98. The number of aryl methyl sites for hydroxylation is 4. The number of rotatable bonds is 2. The zero-order valence-corrected chi connectivity index (χ0v) is 11.7. The van der Waals surface area contributed by atoms with Crippen molar-refractivity contribution in [3.63, 3.8) is 0 Å². The predicted molar refractivity (Wildman–Crippen MR) is 75.7 cm³/mol. The highest BCUT2D eigenvalue weighted by molar-refractivity contribution is 7.12. The fraction of sp³-hybridized carbons (Fsp3) is 0.333. The van der Waals surface area contributed by atoms with Crippen LogP contribution in [0.5, 0.6) is 0 Å². The zero-order valence-electron chi connectivity index (χ0n) is 10.9. The van der Waals surface area contributed by atoms with Crippen LogP contribution in [0.4, 0.5) is 0 Å². The Kier molecular flexibility index (Phi) is 3.36. The number of hydrogen-bond donors (Lipinski definition) is 1. The summed E-state index contributed by atoms with van der Waals surface area (Å²) >= 11 is 1.81. The summed E-state index contributed by atoms with van der Waals surface area (Å²) in [5, 5.41) is 0. The van der Waals surface area contributed by atoms with Gasteiger partial charge < -0.3 is 5.73 Å². The van der Waals surface area contributed by atoms with Gasteiger partial charge in [-0.3, -0.25) is 0 Å². The highest BCUT2D eigenvalue weighted by Gasteiger charge is 2.14. The van der Waals surface area contributed by atoms with E-state index in [0.29, 0.717) is 0 Å². The van der Waals surface area contributed by atoms with Gasteiger partial charge in [0.15, 0.2) is 0 Å². The average molecular weight is 245 g/mol. The van der Waals surface area contributed by atoms with Crippen molar-refractivity contribution in [2.75, 3.05) is 0 Å². The van der Waals surface area contributed by atoms with E-state index in [4.69, 9.17) is 5.73 Å². The molecule has 1 heterocycles. The van der Waals surface area contributed by atoms with Crippen LogP contribution in [-0.4, -0.2) is 0 Å². The second-order valence-electron chi connectivity index (χ2n) is 4.73. The van der Waals surface area contributed by atoms with Gasteiger partial charge >= 0.3 is 0 Å². The molecule has 0 saturated heterocycles. The number of thiophene rings is 1. The molecule has 0 aliphatic carbocycles. The van der Waals surface area contributed by atoms with Gasteiger partial charge in [0, 0.05) is 9.75 Å². The molecular formula is C15H19NS. The number of hydrogen-bond acceptors (Lipinski definition) is 2. The Bertz CT molecular complexity index is 520. The van der Waals surface area contributed by atoms with Gasteiger partial charge in [-0.25, -0.2) is 0 Å². The van der Waals surface area contributed by atoms with Crippen molar-refractivity contribution in [1.82, 2.24) is 0 Å². The van der Waals surface area contributed by atoms with Crippen molar-refractivity contribution in [1.29, 1.82) is 0 Å². The summed E-state index contributed by atoms with van der Waals surface area (Å²) < 4.78 is 0. The maximum Gasteiger partial charge on any atom is 0.0648 e. The molecule has 0 aliphatic heterocycles. The Morgan fingerprint density at radius 2 is 1.71 bits per heavy atom. The molecule has 1 unspecified atom stereocenters. The molecule has 0 bridgehead atoms. The summed E-state index contributed by atoms with van der Waals surface area (Å²) in [6.07, 6.45) is 0. The van der Waals surface area contributed by atoms with Gasteiger partial charge in [0.1, 0.15) is 0 Å². The highest BCUT2D eigenvalue weighted by Crippen LogP contribution is 2.30. The first kappa shape index (κ1) is 12.3. The normalized spacial score (nSPS) is 12.8. The molecule has 0 fully saturated rings. The molecule has 1 nitrogen and oxygen atoms in total. The molecule has 0 amide bonds. The summed E-state index contributed by atoms with van der Waals surface area (Å²) in [7, 11) is 0. The van der Waals surface area contributed by atoms with Gasteiger partial charge in [0.2, 0.25) is 0 Å². The summed E-state index contributed by atoms with van der Waals surface area (Å²) in [5.74, 6) is 0. The standard InChI is InChI=1S/C15H19NS/c1-9-5-6-13(11(3)7-9)15(16)14-8-10(2)12(4)17-14/h5-8,15H,16H2,1-4H3. The third-order valence-electron chi connectivity index (χ3n) is 3.25. The molecule has 2 N–H and O–H groups in total. The minimum atomic E-state index is 0.00741. The van der Waals surface area contributed by atoms with E-state index in [0.717, 1.165) is 0 Å². The molecule has 1 atom stereocenters. The topological polar surface area (TPSA) is 26.0 Å². The quantitative estimate of drug-likeness (QED) is 0.849. The first-order chi connectivity index (χ1) is 7.99. The second kappa shape index (κ2) is 4.63. The summed E-state index contributed by atoms with van der Waals surface area (Å²) in [4.78, 5) is 2.62. The van der Waals surface area contributed by atoms with Crippen molar-refractivity contribution in [3.8, 4) is 0 Å². The van der Waals surface area contributed by atoms with Crippen molar-refractivity contribution in [2.24, 2.45) is 5.73 Å². The van der Waals surface area contributed by atoms with Crippen LogP contribution >= 0.6 is 11.3 Å². The minimum absolute atomic E-state index is 0.00741. The maximum absolute atomic E-state index is 6.36. The van der Waals surface area contributed by atoms with Gasteiger partial charge in [0.05, 0.1) is 6.04 Å². The number of nitrogens with two attached hydrogens (primary N) is 1. The number of benzene rings is 1. The second-order valence-corrected chi connectivity index (χ2v) is 6.01. The molecule has 0 aliphatic rings. The van der Waals surface area contributed by atoms with Gasteiger partial charge in [0.25, 0.3) is 0 Å². The van der Waals surface area contributed by atoms with Gasteiger partial charge in [-0.05, 0) is 50.5 Å². The summed E-state index contributed by atoms with van der Waals surface area (Å²) in [6.45, 7) is 8.54. The Balaban J connectivity index is 2.39. The molecule has 0 radical (unpaired) electrons. The summed E-state index contributed by atoms with van der Waals surface area (Å²) in [5.41, 5.74) is 11.5. The smallest absolute Gasteiger partial charge is 0.0648 e. The van der Waals surface area contributed by atoms with Crippen LogP contribution in [0, 0.1) is 27.7 Å². The molecule has 0 saturated carbocycles. The maximum atomic E-state index is 6.36. The molecule has 2 aromatic rings. The Hall–Kier alpha value is -1.12. The fourth-order valence-corrected chi connectivity index (χ4v) is 3.15. The van der Waals surface area contributed by atoms with Crippen LogP contribution < -0.4 is 5.73 Å². The fourth-order valence-electron chi connectivity index (χ4n) is 2.08. The van der Waals surface area contributed by atoms with Gasteiger partial charge in [-0.15, -0.1) is 11.3 Å². The third kappa shape index (κ3) is 2.43. The lowest BCUT2D eigenvalue weighted by molar-refractivity contribution is 0.880.